The second-order valence-corrected chi connectivity index (χ2v) is 7.01. The normalized spacial score (nSPS) is 20.8. The molecule has 0 saturated carbocycles. The van der Waals surface area contributed by atoms with E-state index in [9.17, 15) is 0 Å². The van der Waals surface area contributed by atoms with Gasteiger partial charge in [-0.05, 0) is 23.8 Å². The Morgan fingerprint density at radius 1 is 0.885 bits per heavy atom. The molecule has 3 aromatic carbocycles. The van der Waals surface area contributed by atoms with Gasteiger partial charge in [-0.15, -0.1) is 0 Å². The van der Waals surface area contributed by atoms with Gasteiger partial charge in [0, 0.05) is 22.6 Å². The average Bonchev–Trinajstić information content (AvgIpc) is 3.14. The highest BCUT2D eigenvalue weighted by molar-refractivity contribution is 6.30. The van der Waals surface area contributed by atoms with Gasteiger partial charge in [-0.3, -0.25) is 0 Å². The highest BCUT2D eigenvalue weighted by Crippen LogP contribution is 2.47. The Bertz CT molecular complexity index is 969. The highest BCUT2D eigenvalue weighted by atomic mass is 35.5. The fourth-order valence-electron chi connectivity index (χ4n) is 3.69. The lowest BCUT2D eigenvalue weighted by molar-refractivity contribution is -0.0190. The van der Waals surface area contributed by atoms with E-state index in [4.69, 9.17) is 21.4 Å². The van der Waals surface area contributed by atoms with E-state index in [2.05, 4.69) is 41.4 Å². The van der Waals surface area contributed by atoms with Crippen LogP contribution < -0.4 is 4.74 Å². The van der Waals surface area contributed by atoms with Gasteiger partial charge >= 0.3 is 0 Å². The van der Waals surface area contributed by atoms with Crippen molar-refractivity contribution < 1.29 is 4.74 Å². The van der Waals surface area contributed by atoms with Crippen LogP contribution in [0.4, 0.5) is 0 Å². The minimum absolute atomic E-state index is 0.177. The summed E-state index contributed by atoms with van der Waals surface area (Å²) in [6.07, 6.45) is 0.613. The fraction of sp³-hybridized carbons (Fsp3) is 0.136. The predicted molar refractivity (Wildman–Crippen MR) is 103 cm³/mol. The number of hydrogen-bond acceptors (Lipinski definition) is 3. The van der Waals surface area contributed by atoms with Crippen molar-refractivity contribution in [1.29, 1.82) is 0 Å². The molecule has 0 amide bonds. The summed E-state index contributed by atoms with van der Waals surface area (Å²) in [6, 6.07) is 26.6. The Kier molecular flexibility index (Phi) is 3.68. The van der Waals surface area contributed by atoms with E-state index in [0.29, 0.717) is 0 Å². The van der Waals surface area contributed by atoms with E-state index >= 15 is 0 Å². The van der Waals surface area contributed by atoms with Crippen LogP contribution in [0.1, 0.15) is 35.4 Å². The van der Waals surface area contributed by atoms with Crippen molar-refractivity contribution in [3.05, 3.63) is 101 Å². The smallest absolute Gasteiger partial charge is 0.213 e. The van der Waals surface area contributed by atoms with Crippen LogP contribution in [0.3, 0.4) is 0 Å². The first-order valence-corrected chi connectivity index (χ1v) is 9.10. The molecule has 0 aromatic heterocycles. The van der Waals surface area contributed by atoms with Crippen LogP contribution in [0.25, 0.3) is 0 Å². The summed E-state index contributed by atoms with van der Waals surface area (Å²) in [6.45, 7) is 0. The van der Waals surface area contributed by atoms with Crippen molar-refractivity contribution in [1.82, 2.24) is 5.01 Å². The van der Waals surface area contributed by atoms with E-state index in [1.54, 1.807) is 0 Å². The molecule has 0 unspecified atom stereocenters. The van der Waals surface area contributed by atoms with Crippen LogP contribution in [0, 0.1) is 0 Å². The number of hydrogen-bond donors (Lipinski definition) is 0. The Labute approximate surface area is 157 Å². The monoisotopic (exact) mass is 360 g/mol. The summed E-state index contributed by atoms with van der Waals surface area (Å²) in [7, 11) is 0. The lowest BCUT2D eigenvalue weighted by Crippen LogP contribution is -2.33. The average molecular weight is 361 g/mol. The van der Waals surface area contributed by atoms with E-state index in [1.807, 2.05) is 42.5 Å². The van der Waals surface area contributed by atoms with Crippen LogP contribution in [0.2, 0.25) is 5.02 Å². The van der Waals surface area contributed by atoms with Crippen molar-refractivity contribution in [2.24, 2.45) is 5.10 Å². The van der Waals surface area contributed by atoms with E-state index < -0.39 is 0 Å². The molecule has 2 aliphatic heterocycles. The molecule has 2 atom stereocenters. The second kappa shape index (κ2) is 6.19. The molecule has 0 saturated heterocycles. The number of hydrazone groups is 1. The largest absolute Gasteiger partial charge is 0.464 e. The molecule has 0 fully saturated rings. The molecular formula is C22H17ClN2O. The molecule has 3 nitrogen and oxygen atoms in total. The van der Waals surface area contributed by atoms with Gasteiger partial charge in [0.2, 0.25) is 6.23 Å². The lowest BCUT2D eigenvalue weighted by Gasteiger charge is -2.38. The summed E-state index contributed by atoms with van der Waals surface area (Å²) in [5.41, 5.74) is 4.49. The number of rotatable bonds is 2. The van der Waals surface area contributed by atoms with Crippen LogP contribution in [0.5, 0.6) is 5.75 Å². The summed E-state index contributed by atoms with van der Waals surface area (Å²) in [5, 5.41) is 7.76. The molecule has 5 rings (SSSR count). The van der Waals surface area contributed by atoms with Crippen molar-refractivity contribution in [2.45, 2.75) is 18.7 Å². The Balaban J connectivity index is 1.60. The lowest BCUT2D eigenvalue weighted by atomic mass is 9.96. The first-order valence-electron chi connectivity index (χ1n) is 8.72. The number of ether oxygens (including phenoxy) is 1. The molecule has 4 heteroatoms. The number of nitrogens with zero attached hydrogens (tertiary/aromatic N) is 2. The summed E-state index contributed by atoms with van der Waals surface area (Å²) in [5.74, 6) is 0.929. The highest BCUT2D eigenvalue weighted by Gasteiger charge is 2.40. The third kappa shape index (κ3) is 2.56. The van der Waals surface area contributed by atoms with Crippen LogP contribution >= 0.6 is 11.6 Å². The molecule has 0 aliphatic carbocycles. The topological polar surface area (TPSA) is 24.8 Å². The van der Waals surface area contributed by atoms with Gasteiger partial charge in [0.05, 0.1) is 11.8 Å². The maximum Gasteiger partial charge on any atom is 0.213 e. The molecule has 2 heterocycles. The van der Waals surface area contributed by atoms with E-state index in [1.165, 1.54) is 5.56 Å². The van der Waals surface area contributed by atoms with Gasteiger partial charge in [-0.2, -0.15) is 5.10 Å². The predicted octanol–water partition coefficient (Wildman–Crippen LogP) is 5.58. The zero-order valence-electron chi connectivity index (χ0n) is 14.0. The van der Waals surface area contributed by atoms with E-state index in [-0.39, 0.29) is 12.3 Å². The number of para-hydroxylation sites is 1. The second-order valence-electron chi connectivity index (χ2n) is 6.57. The first-order chi connectivity index (χ1) is 12.8. The molecule has 3 aromatic rings. The number of fused-ring (bicyclic) bond motifs is 3. The molecular weight excluding hydrogens is 344 g/mol. The molecule has 0 bridgehead atoms. The molecule has 0 radical (unpaired) electrons. The van der Waals surface area contributed by atoms with Gasteiger partial charge in [0.15, 0.2) is 0 Å². The van der Waals surface area contributed by atoms with Gasteiger partial charge in [0.1, 0.15) is 5.75 Å². The Morgan fingerprint density at radius 3 is 2.42 bits per heavy atom. The zero-order valence-corrected chi connectivity index (χ0v) is 14.8. The third-order valence-electron chi connectivity index (χ3n) is 4.96. The van der Waals surface area contributed by atoms with Crippen molar-refractivity contribution >= 4 is 17.3 Å². The first kappa shape index (κ1) is 15.5. The van der Waals surface area contributed by atoms with Gasteiger partial charge < -0.3 is 4.74 Å². The Hall–Kier alpha value is -2.78. The maximum atomic E-state index is 6.33. The zero-order chi connectivity index (χ0) is 17.5. The minimum atomic E-state index is -0.256. The van der Waals surface area contributed by atoms with Crippen LogP contribution in [0.15, 0.2) is 84.0 Å². The Morgan fingerprint density at radius 2 is 1.62 bits per heavy atom. The molecule has 26 heavy (non-hydrogen) atoms. The number of benzene rings is 3. The van der Waals surface area contributed by atoms with Gasteiger partial charge in [-0.1, -0.05) is 72.3 Å². The molecule has 0 N–H and O–H groups in total. The van der Waals surface area contributed by atoms with Gasteiger partial charge in [-0.25, -0.2) is 5.01 Å². The van der Waals surface area contributed by atoms with Crippen molar-refractivity contribution in [2.75, 3.05) is 0 Å². The molecule has 2 aliphatic rings. The van der Waals surface area contributed by atoms with Crippen molar-refractivity contribution in [3.8, 4) is 5.75 Å². The van der Waals surface area contributed by atoms with Crippen LogP contribution in [-0.2, 0) is 0 Å². The minimum Gasteiger partial charge on any atom is -0.464 e. The maximum absolute atomic E-state index is 6.33. The van der Waals surface area contributed by atoms with Crippen molar-refractivity contribution in [3.63, 3.8) is 0 Å². The number of halogens is 1. The summed E-state index contributed by atoms with van der Waals surface area (Å²) >= 11 is 6.06. The third-order valence-corrected chi connectivity index (χ3v) is 5.21. The van der Waals surface area contributed by atoms with Crippen LogP contribution in [-0.4, -0.2) is 10.7 Å². The quantitative estimate of drug-likeness (QED) is 0.595. The summed E-state index contributed by atoms with van der Waals surface area (Å²) in [4.78, 5) is 0. The summed E-state index contributed by atoms with van der Waals surface area (Å²) < 4.78 is 6.33. The molecule has 0 spiro atoms. The van der Waals surface area contributed by atoms with Gasteiger partial charge in [0.25, 0.3) is 0 Å². The SMILES string of the molecule is Clc1ccc([C@@H]2Oc3ccccc3[C@@H]3CC(c4ccccc4)=NN32)cc1. The van der Waals surface area contributed by atoms with E-state index in [0.717, 1.165) is 34.0 Å². The fourth-order valence-corrected chi connectivity index (χ4v) is 3.81. The standard InChI is InChI=1S/C22H17ClN2O/c23-17-12-10-16(11-13-17)22-25-20(18-8-4-5-9-21(18)26-22)14-19(24-25)15-6-2-1-3-7-15/h1-13,20,22H,14H2/t20-,22-/m0/s1. The molecule has 128 valence electrons.